The number of benzene rings is 2. The van der Waals surface area contributed by atoms with Crippen LogP contribution in [0.3, 0.4) is 0 Å². The highest BCUT2D eigenvalue weighted by molar-refractivity contribution is 9.10. The largest absolute Gasteiger partial charge is 0.336 e. The van der Waals surface area contributed by atoms with Gasteiger partial charge < -0.3 is 15.5 Å². The third kappa shape index (κ3) is 4.28. The van der Waals surface area contributed by atoms with E-state index in [4.69, 9.17) is 0 Å². The molecule has 5 rings (SSSR count). The fourth-order valence-electron chi connectivity index (χ4n) is 3.59. The Morgan fingerprint density at radius 3 is 2.80 bits per heavy atom. The standard InChI is InChI=1S/C22H21BrN6O/c23-17-7-6-16-12-29(9-8-15(16)10-17)22-25-13-24-21(28-22)27-19-3-1-2-18(11-19)26-20(30)14-4-5-14/h1-3,6-7,10-11,13-14H,4-5,8-9,12H2,(H,26,30)(H,24,25,27,28). The lowest BCUT2D eigenvalue weighted by Crippen LogP contribution is -2.32. The number of hydrogen-bond acceptors (Lipinski definition) is 6. The molecule has 0 bridgehead atoms. The number of carbonyl (C=O) groups is 1. The number of rotatable bonds is 5. The molecule has 2 N–H and O–H groups in total. The number of carbonyl (C=O) groups excluding carboxylic acids is 1. The SMILES string of the molecule is O=C(Nc1cccc(Nc2ncnc(N3CCc4cc(Br)ccc4C3)n2)c1)C1CC1. The van der Waals surface area contributed by atoms with Gasteiger partial charge in [-0.3, -0.25) is 4.79 Å². The Bertz CT molecular complexity index is 1100. The number of hydrogen-bond donors (Lipinski definition) is 2. The molecule has 1 fully saturated rings. The zero-order valence-corrected chi connectivity index (χ0v) is 17.9. The highest BCUT2D eigenvalue weighted by Crippen LogP contribution is 2.30. The van der Waals surface area contributed by atoms with Crippen molar-refractivity contribution in [3.63, 3.8) is 0 Å². The molecule has 1 aliphatic heterocycles. The van der Waals surface area contributed by atoms with E-state index in [1.54, 1.807) is 0 Å². The normalized spacial score (nSPS) is 15.4. The van der Waals surface area contributed by atoms with Crippen LogP contribution in [0.1, 0.15) is 24.0 Å². The highest BCUT2D eigenvalue weighted by Gasteiger charge is 2.29. The average molecular weight is 465 g/mol. The maximum atomic E-state index is 12.0. The molecule has 0 radical (unpaired) electrons. The van der Waals surface area contributed by atoms with E-state index < -0.39 is 0 Å². The quantitative estimate of drug-likeness (QED) is 0.585. The summed E-state index contributed by atoms with van der Waals surface area (Å²) in [5, 5.41) is 6.18. The first-order chi connectivity index (χ1) is 14.6. The van der Waals surface area contributed by atoms with Gasteiger partial charge in [0.2, 0.25) is 17.8 Å². The summed E-state index contributed by atoms with van der Waals surface area (Å²) in [7, 11) is 0. The molecule has 1 saturated carbocycles. The van der Waals surface area contributed by atoms with Gasteiger partial charge in [0.1, 0.15) is 6.33 Å². The second kappa shape index (κ2) is 8.02. The maximum Gasteiger partial charge on any atom is 0.232 e. The molecule has 30 heavy (non-hydrogen) atoms. The second-order valence-corrected chi connectivity index (χ2v) is 8.58. The average Bonchev–Trinajstić information content (AvgIpc) is 3.59. The van der Waals surface area contributed by atoms with Crippen molar-refractivity contribution in [3.05, 3.63) is 64.4 Å². The summed E-state index contributed by atoms with van der Waals surface area (Å²) < 4.78 is 1.11. The van der Waals surface area contributed by atoms with E-state index in [1.165, 1.54) is 17.5 Å². The third-order valence-corrected chi connectivity index (χ3v) is 5.85. The van der Waals surface area contributed by atoms with Crippen LogP contribution in [0.5, 0.6) is 0 Å². The molecule has 1 amide bonds. The molecule has 152 valence electrons. The van der Waals surface area contributed by atoms with Crippen molar-refractivity contribution < 1.29 is 4.79 Å². The molecule has 2 aromatic carbocycles. The van der Waals surface area contributed by atoms with Gasteiger partial charge in [-0.25, -0.2) is 9.97 Å². The van der Waals surface area contributed by atoms with Crippen molar-refractivity contribution in [3.8, 4) is 0 Å². The zero-order valence-electron chi connectivity index (χ0n) is 16.3. The minimum Gasteiger partial charge on any atom is -0.336 e. The van der Waals surface area contributed by atoms with Gasteiger partial charge in [0.15, 0.2) is 0 Å². The van der Waals surface area contributed by atoms with Crippen molar-refractivity contribution in [1.82, 2.24) is 15.0 Å². The summed E-state index contributed by atoms with van der Waals surface area (Å²) in [6, 6.07) is 14.0. The van der Waals surface area contributed by atoms with E-state index in [-0.39, 0.29) is 11.8 Å². The van der Waals surface area contributed by atoms with Crippen LogP contribution in [0.25, 0.3) is 0 Å². The molecule has 3 aromatic rings. The summed E-state index contributed by atoms with van der Waals surface area (Å²) in [4.78, 5) is 27.4. The van der Waals surface area contributed by atoms with Crippen molar-refractivity contribution >= 4 is 45.1 Å². The van der Waals surface area contributed by atoms with Gasteiger partial charge in [0.05, 0.1) is 0 Å². The molecule has 2 aliphatic rings. The van der Waals surface area contributed by atoms with E-state index in [9.17, 15) is 4.79 Å². The zero-order chi connectivity index (χ0) is 20.5. The summed E-state index contributed by atoms with van der Waals surface area (Å²) >= 11 is 3.54. The van der Waals surface area contributed by atoms with Crippen LogP contribution in [0.2, 0.25) is 0 Å². The number of nitrogens with one attached hydrogen (secondary N) is 2. The molecule has 2 heterocycles. The molecule has 0 atom stereocenters. The maximum absolute atomic E-state index is 12.0. The number of fused-ring (bicyclic) bond motifs is 1. The number of amides is 1. The molecule has 1 aromatic heterocycles. The van der Waals surface area contributed by atoms with Gasteiger partial charge in [-0.15, -0.1) is 0 Å². The molecule has 0 saturated heterocycles. The minimum atomic E-state index is 0.0898. The fourth-order valence-corrected chi connectivity index (χ4v) is 3.99. The number of nitrogens with zero attached hydrogens (tertiary/aromatic N) is 4. The topological polar surface area (TPSA) is 83.0 Å². The molecular formula is C22H21BrN6O. The van der Waals surface area contributed by atoms with Crippen LogP contribution in [0.4, 0.5) is 23.3 Å². The van der Waals surface area contributed by atoms with Gasteiger partial charge in [-0.1, -0.05) is 28.1 Å². The van der Waals surface area contributed by atoms with Crippen molar-refractivity contribution in [1.29, 1.82) is 0 Å². The van der Waals surface area contributed by atoms with Gasteiger partial charge in [0.25, 0.3) is 0 Å². The predicted octanol–water partition coefficient (Wildman–Crippen LogP) is 4.29. The summed E-state index contributed by atoms with van der Waals surface area (Å²) in [5.41, 5.74) is 4.23. The molecule has 1 aliphatic carbocycles. The van der Waals surface area contributed by atoms with Gasteiger partial charge >= 0.3 is 0 Å². The molecule has 8 heteroatoms. The van der Waals surface area contributed by atoms with Crippen molar-refractivity contribution in [2.75, 3.05) is 22.1 Å². The van der Waals surface area contributed by atoms with Crippen LogP contribution in [-0.2, 0) is 17.8 Å². The Labute approximate surface area is 183 Å². The molecular weight excluding hydrogens is 444 g/mol. The Morgan fingerprint density at radius 2 is 1.93 bits per heavy atom. The Morgan fingerprint density at radius 1 is 1.07 bits per heavy atom. The van der Waals surface area contributed by atoms with Crippen molar-refractivity contribution in [2.24, 2.45) is 5.92 Å². The molecule has 0 unspecified atom stereocenters. The van der Waals surface area contributed by atoms with Gasteiger partial charge in [0, 0.05) is 34.9 Å². The lowest BCUT2D eigenvalue weighted by atomic mass is 10.0. The minimum absolute atomic E-state index is 0.0898. The first-order valence-corrected chi connectivity index (χ1v) is 10.8. The first-order valence-electron chi connectivity index (χ1n) is 10.0. The van der Waals surface area contributed by atoms with Crippen LogP contribution < -0.4 is 15.5 Å². The number of halogens is 1. The highest BCUT2D eigenvalue weighted by atomic mass is 79.9. The van der Waals surface area contributed by atoms with Gasteiger partial charge in [-0.2, -0.15) is 4.98 Å². The molecule has 0 spiro atoms. The Hall–Kier alpha value is -3.00. The van der Waals surface area contributed by atoms with E-state index in [2.05, 4.69) is 64.6 Å². The summed E-state index contributed by atoms with van der Waals surface area (Å²) in [5.74, 6) is 1.39. The van der Waals surface area contributed by atoms with E-state index >= 15 is 0 Å². The van der Waals surface area contributed by atoms with Gasteiger partial charge in [-0.05, 0) is 60.7 Å². The Balaban J connectivity index is 1.29. The lowest BCUT2D eigenvalue weighted by Gasteiger charge is -2.29. The van der Waals surface area contributed by atoms with E-state index in [0.717, 1.165) is 48.2 Å². The van der Waals surface area contributed by atoms with Crippen LogP contribution in [0.15, 0.2) is 53.3 Å². The summed E-state index contributed by atoms with van der Waals surface area (Å²) in [6.45, 7) is 1.63. The first kappa shape index (κ1) is 19.0. The van der Waals surface area contributed by atoms with Crippen LogP contribution >= 0.6 is 15.9 Å². The van der Waals surface area contributed by atoms with E-state index in [0.29, 0.717) is 11.9 Å². The predicted molar refractivity (Wildman–Crippen MR) is 120 cm³/mol. The van der Waals surface area contributed by atoms with Crippen molar-refractivity contribution in [2.45, 2.75) is 25.8 Å². The fraction of sp³-hybridized carbons (Fsp3) is 0.273. The monoisotopic (exact) mass is 464 g/mol. The second-order valence-electron chi connectivity index (χ2n) is 7.66. The summed E-state index contributed by atoms with van der Waals surface area (Å²) in [6.07, 6.45) is 4.44. The third-order valence-electron chi connectivity index (χ3n) is 5.36. The molecule has 7 nitrogen and oxygen atoms in total. The smallest absolute Gasteiger partial charge is 0.232 e. The number of anilines is 4. The Kier molecular flexibility index (Phi) is 5.08. The number of aromatic nitrogens is 3. The lowest BCUT2D eigenvalue weighted by molar-refractivity contribution is -0.117. The van der Waals surface area contributed by atoms with E-state index in [1.807, 2.05) is 24.3 Å². The van der Waals surface area contributed by atoms with Crippen LogP contribution in [-0.4, -0.2) is 27.4 Å². The van der Waals surface area contributed by atoms with Crippen LogP contribution in [0, 0.1) is 5.92 Å².